The number of nitrogens with zero attached hydrogens (tertiary/aromatic N) is 1. The Kier molecular flexibility index (Phi) is 4.79. The lowest BCUT2D eigenvalue weighted by atomic mass is 10.2. The molecule has 0 radical (unpaired) electrons. The minimum Gasteiger partial charge on any atom is -0.338 e. The van der Waals surface area contributed by atoms with Crippen LogP contribution in [0.1, 0.15) is 5.56 Å². The molecule has 0 aliphatic heterocycles. The summed E-state index contributed by atoms with van der Waals surface area (Å²) < 4.78 is 41.0. The number of alkyl halides is 3. The van der Waals surface area contributed by atoms with Crippen LogP contribution in [0.5, 0.6) is 0 Å². The summed E-state index contributed by atoms with van der Waals surface area (Å²) in [5.74, 6) is -0.471. The molecule has 1 N–H and O–H groups in total. The largest absolute Gasteiger partial charge is 0.416 e. The SMILES string of the molecule is O=C(Cn1ccc2cc(Br)ccc21)Nc1cc(C(F)(F)F)ccc1Cl. The average molecular weight is 432 g/mol. The third-order valence-electron chi connectivity index (χ3n) is 3.61. The summed E-state index contributed by atoms with van der Waals surface area (Å²) in [4.78, 5) is 12.2. The van der Waals surface area contributed by atoms with Gasteiger partial charge in [0, 0.05) is 21.6 Å². The summed E-state index contributed by atoms with van der Waals surface area (Å²) in [6, 6.07) is 10.3. The number of aromatic nitrogens is 1. The molecule has 1 heterocycles. The first kappa shape index (κ1) is 17.8. The molecule has 0 aliphatic carbocycles. The van der Waals surface area contributed by atoms with Gasteiger partial charge in [0.05, 0.1) is 16.3 Å². The zero-order chi connectivity index (χ0) is 18.2. The molecule has 0 bridgehead atoms. The van der Waals surface area contributed by atoms with Gasteiger partial charge >= 0.3 is 6.18 Å². The van der Waals surface area contributed by atoms with E-state index in [9.17, 15) is 18.0 Å². The van der Waals surface area contributed by atoms with E-state index in [1.165, 1.54) is 0 Å². The van der Waals surface area contributed by atoms with Gasteiger partial charge in [-0.1, -0.05) is 27.5 Å². The number of amides is 1. The number of benzene rings is 2. The number of hydrogen-bond donors (Lipinski definition) is 1. The highest BCUT2D eigenvalue weighted by molar-refractivity contribution is 9.10. The summed E-state index contributed by atoms with van der Waals surface area (Å²) in [7, 11) is 0. The van der Waals surface area contributed by atoms with Crippen molar-refractivity contribution in [3.05, 3.63) is 63.7 Å². The zero-order valence-electron chi connectivity index (χ0n) is 12.6. The maximum Gasteiger partial charge on any atom is 0.416 e. The standard InChI is InChI=1S/C17H11BrClF3N2O/c18-12-2-4-15-10(7-12)5-6-24(15)9-16(25)23-14-8-11(17(20,21)22)1-3-13(14)19/h1-8H,9H2,(H,23,25). The Hall–Kier alpha value is -1.99. The molecule has 8 heteroatoms. The first-order chi connectivity index (χ1) is 11.7. The maximum atomic E-state index is 12.8. The Morgan fingerprint density at radius 2 is 1.92 bits per heavy atom. The second-order valence-electron chi connectivity index (χ2n) is 5.39. The first-order valence-corrected chi connectivity index (χ1v) is 8.32. The monoisotopic (exact) mass is 430 g/mol. The lowest BCUT2D eigenvalue weighted by Crippen LogP contribution is -2.19. The third-order valence-corrected chi connectivity index (χ3v) is 4.44. The molecule has 3 rings (SSSR count). The van der Waals surface area contributed by atoms with Crippen LogP contribution in [0, 0.1) is 0 Å². The van der Waals surface area contributed by atoms with Crippen LogP contribution in [0.4, 0.5) is 18.9 Å². The van der Waals surface area contributed by atoms with E-state index < -0.39 is 17.6 Å². The average Bonchev–Trinajstić information content (AvgIpc) is 2.90. The summed E-state index contributed by atoms with van der Waals surface area (Å²) in [5, 5.41) is 3.42. The number of fused-ring (bicyclic) bond motifs is 1. The molecule has 0 saturated heterocycles. The van der Waals surface area contributed by atoms with Gasteiger partial charge in [0.2, 0.25) is 5.91 Å². The van der Waals surface area contributed by atoms with Crippen molar-refractivity contribution >= 4 is 50.0 Å². The highest BCUT2D eigenvalue weighted by Crippen LogP contribution is 2.33. The summed E-state index contributed by atoms with van der Waals surface area (Å²) >= 11 is 9.26. The fourth-order valence-corrected chi connectivity index (χ4v) is 2.99. The Labute approximate surface area is 154 Å². The number of nitrogens with one attached hydrogen (secondary N) is 1. The molecule has 0 atom stereocenters. The number of rotatable bonds is 3. The van der Waals surface area contributed by atoms with E-state index in [2.05, 4.69) is 21.2 Å². The normalized spacial score (nSPS) is 11.7. The maximum absolute atomic E-state index is 12.8. The number of anilines is 1. The molecule has 1 aromatic heterocycles. The van der Waals surface area contributed by atoms with Gasteiger partial charge in [-0.15, -0.1) is 0 Å². The van der Waals surface area contributed by atoms with Crippen molar-refractivity contribution < 1.29 is 18.0 Å². The smallest absolute Gasteiger partial charge is 0.338 e. The number of halogens is 5. The van der Waals surface area contributed by atoms with E-state index in [0.29, 0.717) is 0 Å². The Bertz CT molecular complexity index is 953. The van der Waals surface area contributed by atoms with Crippen molar-refractivity contribution in [2.45, 2.75) is 12.7 Å². The molecular weight excluding hydrogens is 421 g/mol. The van der Waals surface area contributed by atoms with Crippen LogP contribution in [0.3, 0.4) is 0 Å². The van der Waals surface area contributed by atoms with Gasteiger partial charge in [0.15, 0.2) is 0 Å². The van der Waals surface area contributed by atoms with E-state index in [1.807, 2.05) is 24.3 Å². The molecule has 0 fully saturated rings. The van der Waals surface area contributed by atoms with E-state index in [-0.39, 0.29) is 17.3 Å². The Morgan fingerprint density at radius 3 is 2.64 bits per heavy atom. The molecule has 0 spiro atoms. The van der Waals surface area contributed by atoms with Gasteiger partial charge in [-0.3, -0.25) is 4.79 Å². The molecular formula is C17H11BrClF3N2O. The van der Waals surface area contributed by atoms with Crippen molar-refractivity contribution in [1.82, 2.24) is 4.57 Å². The summed E-state index contributed by atoms with van der Waals surface area (Å²) in [6.45, 7) is -0.0439. The second kappa shape index (κ2) is 6.72. The Balaban J connectivity index is 1.80. The molecule has 3 nitrogen and oxygen atoms in total. The van der Waals surface area contributed by atoms with Crippen molar-refractivity contribution in [2.24, 2.45) is 0 Å². The molecule has 2 aromatic carbocycles. The van der Waals surface area contributed by atoms with Crippen LogP contribution in [-0.2, 0) is 17.5 Å². The fourth-order valence-electron chi connectivity index (χ4n) is 2.45. The number of carbonyl (C=O) groups is 1. The molecule has 1 amide bonds. The van der Waals surface area contributed by atoms with Crippen LogP contribution >= 0.6 is 27.5 Å². The van der Waals surface area contributed by atoms with E-state index in [1.54, 1.807) is 10.8 Å². The molecule has 130 valence electrons. The van der Waals surface area contributed by atoms with Crippen LogP contribution in [-0.4, -0.2) is 10.5 Å². The zero-order valence-corrected chi connectivity index (χ0v) is 14.9. The number of carbonyl (C=O) groups excluding carboxylic acids is 1. The predicted molar refractivity (Wildman–Crippen MR) is 94.7 cm³/mol. The van der Waals surface area contributed by atoms with E-state index in [4.69, 9.17) is 11.6 Å². The van der Waals surface area contributed by atoms with Gasteiger partial charge in [0.25, 0.3) is 0 Å². The summed E-state index contributed by atoms with van der Waals surface area (Å²) in [5.41, 5.74) is -0.0994. The third kappa shape index (κ3) is 3.99. The fraction of sp³-hybridized carbons (Fsp3) is 0.118. The van der Waals surface area contributed by atoms with Gasteiger partial charge in [-0.05, 0) is 42.5 Å². The van der Waals surface area contributed by atoms with Crippen LogP contribution in [0.15, 0.2) is 53.1 Å². The minimum atomic E-state index is -4.51. The van der Waals surface area contributed by atoms with Crippen molar-refractivity contribution in [3.63, 3.8) is 0 Å². The second-order valence-corrected chi connectivity index (χ2v) is 6.71. The lowest BCUT2D eigenvalue weighted by molar-refractivity contribution is -0.137. The predicted octanol–water partition coefficient (Wildman–Crippen LogP) is 5.71. The van der Waals surface area contributed by atoms with Crippen molar-refractivity contribution in [2.75, 3.05) is 5.32 Å². The topological polar surface area (TPSA) is 34.0 Å². The van der Waals surface area contributed by atoms with Crippen molar-refractivity contribution in [3.8, 4) is 0 Å². The lowest BCUT2D eigenvalue weighted by Gasteiger charge is -2.12. The molecule has 0 saturated carbocycles. The quantitative estimate of drug-likeness (QED) is 0.566. The van der Waals surface area contributed by atoms with Gasteiger partial charge in [-0.2, -0.15) is 13.2 Å². The molecule has 3 aromatic rings. The van der Waals surface area contributed by atoms with E-state index >= 15 is 0 Å². The van der Waals surface area contributed by atoms with Crippen molar-refractivity contribution in [1.29, 1.82) is 0 Å². The highest BCUT2D eigenvalue weighted by atomic mass is 79.9. The summed E-state index contributed by atoms with van der Waals surface area (Å²) in [6.07, 6.45) is -2.77. The minimum absolute atomic E-state index is 0.0439. The number of hydrogen-bond acceptors (Lipinski definition) is 1. The van der Waals surface area contributed by atoms with Crippen LogP contribution in [0.25, 0.3) is 10.9 Å². The highest BCUT2D eigenvalue weighted by Gasteiger charge is 2.31. The first-order valence-electron chi connectivity index (χ1n) is 7.15. The van der Waals surface area contributed by atoms with Gasteiger partial charge in [-0.25, -0.2) is 0 Å². The Morgan fingerprint density at radius 1 is 1.16 bits per heavy atom. The van der Waals surface area contributed by atoms with E-state index in [0.717, 1.165) is 33.6 Å². The van der Waals surface area contributed by atoms with Gasteiger partial charge in [0.1, 0.15) is 6.54 Å². The van der Waals surface area contributed by atoms with Gasteiger partial charge < -0.3 is 9.88 Å². The van der Waals surface area contributed by atoms with Crippen LogP contribution < -0.4 is 5.32 Å². The molecule has 0 unspecified atom stereocenters. The molecule has 0 aliphatic rings. The van der Waals surface area contributed by atoms with Crippen LogP contribution in [0.2, 0.25) is 5.02 Å². The molecule has 25 heavy (non-hydrogen) atoms.